The zero-order valence-electron chi connectivity index (χ0n) is 25.6. The topological polar surface area (TPSA) is 99.2 Å². The monoisotopic (exact) mass is 619 g/mol. The predicted octanol–water partition coefficient (Wildman–Crippen LogP) is 3.78. The van der Waals surface area contributed by atoms with Crippen LogP contribution in [-0.2, 0) is 4.74 Å². The molecule has 1 aliphatic carbocycles. The van der Waals surface area contributed by atoms with E-state index >= 15 is 0 Å². The molecule has 5 unspecified atom stereocenters. The van der Waals surface area contributed by atoms with E-state index in [0.29, 0.717) is 66.0 Å². The zero-order chi connectivity index (χ0) is 31.2. The number of nitriles is 1. The Kier molecular flexibility index (Phi) is 6.18. The van der Waals surface area contributed by atoms with Crippen LogP contribution in [0.1, 0.15) is 27.9 Å². The molecule has 5 atom stereocenters. The van der Waals surface area contributed by atoms with Gasteiger partial charge < -0.3 is 19.3 Å². The van der Waals surface area contributed by atoms with Crippen molar-refractivity contribution in [2.24, 2.45) is 17.8 Å². The zero-order valence-corrected chi connectivity index (χ0v) is 25.6. The molecule has 9 rings (SSSR count). The SMILES string of the molecule is Cc1c(F)cccc1C(=O)N1CC2CN(c3ccc(-c4cc(OCCN5CC6OCC7CC765)cn5ncc(C#N)c45)cn3)CC2C1. The summed E-state index contributed by atoms with van der Waals surface area (Å²) in [5.41, 5.74) is 4.08. The second kappa shape index (κ2) is 10.2. The number of amides is 1. The molecule has 0 N–H and O–H groups in total. The molecule has 11 heteroatoms. The Morgan fingerprint density at radius 1 is 1.15 bits per heavy atom. The van der Waals surface area contributed by atoms with Crippen molar-refractivity contribution in [2.45, 2.75) is 25.0 Å². The molecule has 234 valence electrons. The summed E-state index contributed by atoms with van der Waals surface area (Å²) in [4.78, 5) is 24.7. The highest BCUT2D eigenvalue weighted by atomic mass is 19.1. The van der Waals surface area contributed by atoms with Crippen LogP contribution < -0.4 is 9.64 Å². The summed E-state index contributed by atoms with van der Waals surface area (Å²) in [6, 6.07) is 13.0. The number of hydrogen-bond donors (Lipinski definition) is 0. The van der Waals surface area contributed by atoms with Gasteiger partial charge in [0.2, 0.25) is 0 Å². The van der Waals surface area contributed by atoms with E-state index in [0.717, 1.165) is 55.2 Å². The summed E-state index contributed by atoms with van der Waals surface area (Å²) >= 11 is 0. The Morgan fingerprint density at radius 2 is 2.00 bits per heavy atom. The van der Waals surface area contributed by atoms with Crippen molar-refractivity contribution in [3.05, 3.63) is 77.5 Å². The number of hydrogen-bond acceptors (Lipinski definition) is 8. The molecule has 4 aliphatic heterocycles. The fourth-order valence-corrected chi connectivity index (χ4v) is 8.51. The molecular weight excluding hydrogens is 585 g/mol. The first-order valence-corrected chi connectivity index (χ1v) is 16.1. The number of rotatable bonds is 7. The van der Waals surface area contributed by atoms with Crippen LogP contribution in [0.15, 0.2) is 55.0 Å². The fourth-order valence-electron chi connectivity index (χ4n) is 8.51. The Bertz CT molecular complexity index is 1910. The molecule has 3 aromatic heterocycles. The number of pyridine rings is 2. The third kappa shape index (κ3) is 4.16. The van der Waals surface area contributed by atoms with E-state index in [1.807, 2.05) is 35.5 Å². The van der Waals surface area contributed by atoms with Gasteiger partial charge in [-0.25, -0.2) is 13.9 Å². The lowest BCUT2D eigenvalue weighted by molar-refractivity contribution is -0.0809. The second-order valence-corrected chi connectivity index (χ2v) is 13.5. The standard InChI is InChI=1S/C35H34FN7O3/c1-21-28(3-2-4-30(21)36)34(44)41-16-24-14-40(15-25(24)17-41)32-6-5-22(12-38-32)29-9-27(18-43-33(29)23(11-37)13-39-43)45-8-7-42-19-31-35(42)10-26(35)20-46-31/h2-6,9,12-13,18,24-26,31H,7-8,10,14-17,19-20H2,1H3. The summed E-state index contributed by atoms with van der Waals surface area (Å²) < 4.78 is 27.9. The van der Waals surface area contributed by atoms with Gasteiger partial charge in [-0.05, 0) is 49.2 Å². The molecule has 7 heterocycles. The van der Waals surface area contributed by atoms with Crippen LogP contribution in [0.25, 0.3) is 16.6 Å². The number of halogens is 1. The molecule has 0 bridgehead atoms. The quantitative estimate of drug-likeness (QED) is 0.308. The highest BCUT2D eigenvalue weighted by Gasteiger charge is 2.73. The first kappa shape index (κ1) is 27.8. The summed E-state index contributed by atoms with van der Waals surface area (Å²) in [5.74, 6) is 2.51. The van der Waals surface area contributed by atoms with Crippen LogP contribution >= 0.6 is 0 Å². The molecule has 46 heavy (non-hydrogen) atoms. The molecule has 10 nitrogen and oxygen atoms in total. The van der Waals surface area contributed by atoms with E-state index in [1.165, 1.54) is 12.5 Å². The van der Waals surface area contributed by atoms with Gasteiger partial charge in [0.15, 0.2) is 0 Å². The maximum atomic E-state index is 14.1. The van der Waals surface area contributed by atoms with Crippen molar-refractivity contribution in [1.29, 1.82) is 5.26 Å². The van der Waals surface area contributed by atoms with Crippen molar-refractivity contribution < 1.29 is 18.7 Å². The van der Waals surface area contributed by atoms with Gasteiger partial charge in [0.25, 0.3) is 5.91 Å². The lowest BCUT2D eigenvalue weighted by Gasteiger charge is -2.46. The molecule has 1 spiro atoms. The van der Waals surface area contributed by atoms with E-state index in [4.69, 9.17) is 14.5 Å². The van der Waals surface area contributed by atoms with Crippen LogP contribution in [0.3, 0.4) is 0 Å². The van der Waals surface area contributed by atoms with Gasteiger partial charge in [-0.1, -0.05) is 6.07 Å². The number of likely N-dealkylation sites (tertiary alicyclic amines) is 2. The van der Waals surface area contributed by atoms with Gasteiger partial charge >= 0.3 is 0 Å². The summed E-state index contributed by atoms with van der Waals surface area (Å²) in [6.45, 7) is 7.90. The Balaban J connectivity index is 0.888. The molecule has 5 aliphatic rings. The lowest BCUT2D eigenvalue weighted by Crippen LogP contribution is -2.62. The number of benzene rings is 1. The van der Waals surface area contributed by atoms with E-state index < -0.39 is 0 Å². The van der Waals surface area contributed by atoms with Crippen molar-refractivity contribution in [1.82, 2.24) is 24.4 Å². The summed E-state index contributed by atoms with van der Waals surface area (Å²) in [7, 11) is 0. The van der Waals surface area contributed by atoms with Crippen LogP contribution in [0.5, 0.6) is 5.75 Å². The van der Waals surface area contributed by atoms with Crippen LogP contribution in [0.2, 0.25) is 0 Å². The van der Waals surface area contributed by atoms with Crippen molar-refractivity contribution in [3.63, 3.8) is 0 Å². The minimum atomic E-state index is -0.348. The molecule has 5 fully saturated rings. The molecular formula is C35H34FN7O3. The van der Waals surface area contributed by atoms with Crippen molar-refractivity contribution in [2.75, 3.05) is 57.4 Å². The van der Waals surface area contributed by atoms with E-state index in [2.05, 4.69) is 21.0 Å². The smallest absolute Gasteiger partial charge is 0.254 e. The number of aromatic nitrogens is 3. The minimum absolute atomic E-state index is 0.0940. The van der Waals surface area contributed by atoms with Crippen LogP contribution in [-0.4, -0.2) is 94.4 Å². The Hall–Kier alpha value is -4.53. The molecule has 1 amide bonds. The van der Waals surface area contributed by atoms with E-state index in [1.54, 1.807) is 29.8 Å². The van der Waals surface area contributed by atoms with Gasteiger partial charge in [-0.3, -0.25) is 9.69 Å². The average Bonchev–Trinajstić information content (AvgIpc) is 3.33. The third-order valence-corrected chi connectivity index (χ3v) is 11.1. The largest absolute Gasteiger partial charge is 0.491 e. The molecule has 1 saturated carbocycles. The number of anilines is 1. The molecule has 0 radical (unpaired) electrons. The highest BCUT2D eigenvalue weighted by Crippen LogP contribution is 2.62. The second-order valence-electron chi connectivity index (χ2n) is 13.5. The van der Waals surface area contributed by atoms with Gasteiger partial charge in [0.1, 0.15) is 30.1 Å². The fraction of sp³-hybridized carbons (Fsp3) is 0.429. The number of nitrogens with zero attached hydrogens (tertiary/aromatic N) is 7. The van der Waals surface area contributed by atoms with E-state index in [9.17, 15) is 14.4 Å². The summed E-state index contributed by atoms with van der Waals surface area (Å²) in [6.07, 6.45) is 6.92. The first-order chi connectivity index (χ1) is 22.4. The maximum absolute atomic E-state index is 14.1. The normalized spacial score (nSPS) is 27.7. The number of ether oxygens (including phenoxy) is 2. The van der Waals surface area contributed by atoms with Crippen LogP contribution in [0, 0.1) is 41.8 Å². The van der Waals surface area contributed by atoms with Gasteiger partial charge in [0.05, 0.1) is 41.7 Å². The average molecular weight is 620 g/mol. The molecule has 4 saturated heterocycles. The van der Waals surface area contributed by atoms with E-state index in [-0.39, 0.29) is 17.3 Å². The lowest BCUT2D eigenvalue weighted by atomic mass is 9.96. The third-order valence-electron chi connectivity index (χ3n) is 11.1. The highest BCUT2D eigenvalue weighted by molar-refractivity contribution is 5.96. The Morgan fingerprint density at radius 3 is 2.74 bits per heavy atom. The number of carbonyl (C=O) groups is 1. The minimum Gasteiger partial charge on any atom is -0.491 e. The summed E-state index contributed by atoms with van der Waals surface area (Å²) in [5, 5.41) is 14.2. The Labute approximate surface area is 265 Å². The van der Waals surface area contributed by atoms with Crippen molar-refractivity contribution >= 4 is 17.2 Å². The van der Waals surface area contributed by atoms with Gasteiger partial charge in [-0.2, -0.15) is 10.4 Å². The van der Waals surface area contributed by atoms with Gasteiger partial charge in [0, 0.05) is 79.9 Å². The number of fused-ring (bicyclic) bond motifs is 2. The first-order valence-electron chi connectivity index (χ1n) is 16.1. The van der Waals surface area contributed by atoms with Crippen LogP contribution in [0.4, 0.5) is 10.2 Å². The predicted molar refractivity (Wildman–Crippen MR) is 167 cm³/mol. The maximum Gasteiger partial charge on any atom is 0.254 e. The van der Waals surface area contributed by atoms with Gasteiger partial charge in [-0.15, -0.1) is 0 Å². The molecule has 4 aromatic rings. The molecule has 1 aromatic carbocycles. The number of carbonyl (C=O) groups excluding carboxylic acids is 1. The van der Waals surface area contributed by atoms with Crippen molar-refractivity contribution in [3.8, 4) is 22.9 Å².